The number of anilines is 6. The van der Waals surface area contributed by atoms with Crippen LogP contribution in [0.1, 0.15) is 11.1 Å². The lowest BCUT2D eigenvalue weighted by atomic mass is 9.82. The van der Waals surface area contributed by atoms with E-state index in [9.17, 15) is 0 Å². The first-order chi connectivity index (χ1) is 51.5. The van der Waals surface area contributed by atoms with E-state index in [2.05, 4.69) is 381 Å². The third-order valence-corrected chi connectivity index (χ3v) is 21.7. The highest BCUT2D eigenvalue weighted by molar-refractivity contribution is 6.31. The fourth-order valence-corrected chi connectivity index (χ4v) is 17.2. The van der Waals surface area contributed by atoms with Crippen LogP contribution in [0.4, 0.5) is 34.1 Å². The van der Waals surface area contributed by atoms with Crippen LogP contribution in [0, 0.1) is 13.8 Å². The molecule has 0 bridgehead atoms. The molecule has 0 atom stereocenters. The zero-order valence-electron chi connectivity index (χ0n) is 57.4. The minimum Gasteiger partial charge on any atom is -0.310 e. The molecule has 18 aromatic rings. The molecule has 2 aliphatic rings. The van der Waals surface area contributed by atoms with E-state index in [1.165, 1.54) is 149 Å². The van der Waals surface area contributed by atoms with Gasteiger partial charge in [-0.1, -0.05) is 279 Å². The van der Waals surface area contributed by atoms with Crippen molar-refractivity contribution in [2.24, 2.45) is 0 Å². The molecule has 0 saturated carbocycles. The molecule has 2 aliphatic carbocycles. The van der Waals surface area contributed by atoms with Gasteiger partial charge in [0.15, 0.2) is 0 Å². The first kappa shape index (κ1) is 60.4. The smallest absolute Gasteiger partial charge is 0.0703 e. The third kappa shape index (κ3) is 9.67. The van der Waals surface area contributed by atoms with Crippen molar-refractivity contribution in [1.82, 2.24) is 9.97 Å². The summed E-state index contributed by atoms with van der Waals surface area (Å²) in [4.78, 5) is 14.6. The Morgan fingerprint density at radius 3 is 1.05 bits per heavy atom. The van der Waals surface area contributed by atoms with Crippen LogP contribution in [-0.4, -0.2) is 9.97 Å². The van der Waals surface area contributed by atoms with Crippen molar-refractivity contribution >= 4 is 77.2 Å². The van der Waals surface area contributed by atoms with Crippen LogP contribution in [0.2, 0.25) is 0 Å². The van der Waals surface area contributed by atoms with E-state index in [1.54, 1.807) is 0 Å². The van der Waals surface area contributed by atoms with Crippen molar-refractivity contribution in [2.45, 2.75) is 13.8 Å². The molecule has 20 rings (SSSR count). The summed E-state index contributed by atoms with van der Waals surface area (Å²) in [7, 11) is 0. The number of nitrogens with zero attached hydrogens (tertiary/aromatic N) is 4. The van der Waals surface area contributed by atoms with Crippen molar-refractivity contribution in [3.8, 4) is 123 Å². The summed E-state index contributed by atoms with van der Waals surface area (Å²) in [6, 6.07) is 127. The fourth-order valence-electron chi connectivity index (χ4n) is 17.2. The van der Waals surface area contributed by atoms with Gasteiger partial charge < -0.3 is 9.80 Å². The van der Waals surface area contributed by atoms with Crippen LogP contribution in [0.3, 0.4) is 0 Å². The Labute approximate surface area is 605 Å². The third-order valence-electron chi connectivity index (χ3n) is 21.7. The van der Waals surface area contributed by atoms with Gasteiger partial charge >= 0.3 is 0 Å². The summed E-state index contributed by atoms with van der Waals surface area (Å²) in [6.07, 6.45) is 5.81. The van der Waals surface area contributed by atoms with Gasteiger partial charge in [0, 0.05) is 46.4 Å². The van der Waals surface area contributed by atoms with Crippen LogP contribution in [0.5, 0.6) is 0 Å². The van der Waals surface area contributed by atoms with Gasteiger partial charge in [-0.15, -0.1) is 0 Å². The molecule has 0 radical (unpaired) electrons. The van der Waals surface area contributed by atoms with Crippen molar-refractivity contribution in [3.63, 3.8) is 0 Å². The molecule has 16 aromatic carbocycles. The number of aromatic nitrogens is 2. The number of hydrogen-bond acceptors (Lipinski definition) is 4. The van der Waals surface area contributed by atoms with E-state index >= 15 is 0 Å². The minimum atomic E-state index is 0.893. The molecule has 0 spiro atoms. The maximum atomic E-state index is 5.47. The highest BCUT2D eigenvalue weighted by Crippen LogP contribution is 2.61. The summed E-state index contributed by atoms with van der Waals surface area (Å²) in [6.45, 7) is 4.38. The van der Waals surface area contributed by atoms with Crippen molar-refractivity contribution in [1.29, 1.82) is 0 Å². The van der Waals surface area contributed by atoms with Crippen LogP contribution in [-0.2, 0) is 0 Å². The second-order valence-electron chi connectivity index (χ2n) is 27.5. The number of pyridine rings is 2. The molecule has 104 heavy (non-hydrogen) atoms. The molecule has 0 N–H and O–H groups in total. The lowest BCUT2D eigenvalue weighted by Gasteiger charge is -2.27. The standard InChI is InChI=1S/C100H66N4/c1-63-25-15-19-45-89(63)103(72-55-57-101-58-56-72)73-37-21-35-69(59-73)76-51-53-86-96-79(76)42-24-44-84(96)98-94(68-33-13-6-14-34-68)87-61-71(47-49-82(87)93(100(86)98)67-31-11-5-12-32-67)88-54-48-75(62-102-88)104(90-46-20-16-26-64(90)2)74-38-22-36-70(60-74)77-50-52-85-95-78(77)41-23-43-83(95)97-91(65-27-7-3-8-28-65)80-39-17-18-40-81(80)92(99(85)97)66-29-9-4-10-30-66/h3-62H,1-2H3. The van der Waals surface area contributed by atoms with E-state index < -0.39 is 0 Å². The van der Waals surface area contributed by atoms with Gasteiger partial charge in [0.2, 0.25) is 0 Å². The predicted octanol–water partition coefficient (Wildman–Crippen LogP) is 27.6. The predicted molar refractivity (Wildman–Crippen MR) is 438 cm³/mol. The highest BCUT2D eigenvalue weighted by Gasteiger charge is 2.34. The molecule has 4 nitrogen and oxygen atoms in total. The van der Waals surface area contributed by atoms with Crippen LogP contribution >= 0.6 is 0 Å². The number of benzene rings is 16. The topological polar surface area (TPSA) is 32.3 Å². The average Bonchev–Trinajstić information content (AvgIpc) is 1.52. The van der Waals surface area contributed by atoms with E-state index in [0.717, 1.165) is 62.1 Å². The van der Waals surface area contributed by atoms with Gasteiger partial charge in [-0.3, -0.25) is 9.97 Å². The molecule has 486 valence electrons. The van der Waals surface area contributed by atoms with Gasteiger partial charge in [-0.05, 0) is 246 Å². The molecule has 0 fully saturated rings. The van der Waals surface area contributed by atoms with Crippen molar-refractivity contribution < 1.29 is 0 Å². The van der Waals surface area contributed by atoms with Crippen LogP contribution in [0.15, 0.2) is 364 Å². The number of fused-ring (bicyclic) bond motifs is 8. The summed E-state index contributed by atoms with van der Waals surface area (Å²) < 4.78 is 0. The van der Waals surface area contributed by atoms with Crippen LogP contribution < -0.4 is 9.80 Å². The maximum Gasteiger partial charge on any atom is 0.0703 e. The molecule has 0 aliphatic heterocycles. The molecular weight excluding hydrogens is 1260 g/mol. The van der Waals surface area contributed by atoms with Gasteiger partial charge in [-0.2, -0.15) is 0 Å². The molecule has 0 unspecified atom stereocenters. The largest absolute Gasteiger partial charge is 0.310 e. The molecule has 2 heterocycles. The zero-order valence-corrected chi connectivity index (χ0v) is 57.4. The van der Waals surface area contributed by atoms with Crippen LogP contribution in [0.25, 0.3) is 166 Å². The van der Waals surface area contributed by atoms with Gasteiger partial charge in [0.25, 0.3) is 0 Å². The van der Waals surface area contributed by atoms with Gasteiger partial charge in [0.1, 0.15) is 0 Å². The molecule has 0 amide bonds. The Morgan fingerprint density at radius 2 is 0.596 bits per heavy atom. The van der Waals surface area contributed by atoms with E-state index in [0.29, 0.717) is 0 Å². The van der Waals surface area contributed by atoms with E-state index in [1.807, 2.05) is 12.4 Å². The Kier molecular flexibility index (Phi) is 14.3. The molecule has 4 heteroatoms. The summed E-state index contributed by atoms with van der Waals surface area (Å²) in [5.41, 5.74) is 35.2. The summed E-state index contributed by atoms with van der Waals surface area (Å²) in [5, 5.41) is 9.88. The molecule has 0 saturated heterocycles. The van der Waals surface area contributed by atoms with E-state index in [4.69, 9.17) is 4.98 Å². The maximum absolute atomic E-state index is 5.47. The van der Waals surface area contributed by atoms with Crippen molar-refractivity contribution in [3.05, 3.63) is 376 Å². The highest BCUT2D eigenvalue weighted by atomic mass is 15.2. The Bertz CT molecular complexity index is 6380. The lowest BCUT2D eigenvalue weighted by molar-refractivity contribution is 1.21. The number of rotatable bonds is 13. The molecular formula is C100H66N4. The monoisotopic (exact) mass is 1320 g/mol. The Balaban J connectivity index is 0.713. The number of aryl methyl sites for hydroxylation is 2. The number of para-hydroxylation sites is 2. The fraction of sp³-hybridized carbons (Fsp3) is 0.0200. The normalized spacial score (nSPS) is 11.8. The zero-order chi connectivity index (χ0) is 68.9. The Hall–Kier alpha value is -13.5. The van der Waals surface area contributed by atoms with E-state index in [-0.39, 0.29) is 0 Å². The summed E-state index contributed by atoms with van der Waals surface area (Å²) >= 11 is 0. The Morgan fingerprint density at radius 1 is 0.221 bits per heavy atom. The molecule has 2 aromatic heterocycles. The average molecular weight is 1320 g/mol. The summed E-state index contributed by atoms with van der Waals surface area (Å²) in [5.74, 6) is 0. The van der Waals surface area contributed by atoms with Gasteiger partial charge in [0.05, 0.1) is 17.6 Å². The quantitative estimate of drug-likeness (QED) is 0.115. The second-order valence-corrected chi connectivity index (χ2v) is 27.5. The first-order valence-corrected chi connectivity index (χ1v) is 35.8. The lowest BCUT2D eigenvalue weighted by Crippen LogP contribution is -2.11. The second kappa shape index (κ2) is 24.7. The van der Waals surface area contributed by atoms with Gasteiger partial charge in [-0.25, -0.2) is 0 Å². The SMILES string of the molecule is Cc1ccccc1N(c1ccncc1)c1cccc(-c2ccc3c4c(cccc24)-c2c-3c(-c3ccccc3)c3ccc(-c4ccc(N(c5cccc(-c6ccc7c8c(cccc68)-c6c-7c(-c7ccccc7)c7ccccc7c6-c6ccccc6)c5)c5ccccc5C)cn4)cc3c2-c2ccccc2)c1. The first-order valence-electron chi connectivity index (χ1n) is 35.8. The minimum absolute atomic E-state index is 0.893. The van der Waals surface area contributed by atoms with Crippen molar-refractivity contribution in [2.75, 3.05) is 9.80 Å². The number of hydrogen-bond donors (Lipinski definition) is 0.